The summed E-state index contributed by atoms with van der Waals surface area (Å²) in [4.78, 5) is 8.15. The Morgan fingerprint density at radius 3 is 1.72 bits per heavy atom. The van der Waals surface area contributed by atoms with Crippen LogP contribution in [0.2, 0.25) is 0 Å². The Bertz CT molecular complexity index is 564. The minimum atomic E-state index is -3.71. The Kier molecular flexibility index (Phi) is 5.07. The van der Waals surface area contributed by atoms with Gasteiger partial charge in [-0.3, -0.25) is 0 Å². The van der Waals surface area contributed by atoms with Crippen molar-refractivity contribution in [3.05, 3.63) is 60.7 Å². The molecule has 2 aromatic rings. The molecule has 4 nitrogen and oxygen atoms in total. The van der Waals surface area contributed by atoms with Crippen LogP contribution < -0.4 is 4.18 Å². The highest BCUT2D eigenvalue weighted by Gasteiger charge is 2.15. The fourth-order valence-electron chi connectivity index (χ4n) is 1.24. The summed E-state index contributed by atoms with van der Waals surface area (Å²) >= 11 is 0. The number of carbonyl (C=O) groups excluding carboxylic acids is 1. The van der Waals surface area contributed by atoms with Crippen LogP contribution >= 0.6 is 0 Å². The van der Waals surface area contributed by atoms with E-state index in [1.165, 1.54) is 12.1 Å². The van der Waals surface area contributed by atoms with E-state index >= 15 is 0 Å². The quantitative estimate of drug-likeness (QED) is 0.798. The van der Waals surface area contributed by atoms with Gasteiger partial charge < -0.3 is 8.98 Å². The van der Waals surface area contributed by atoms with Gasteiger partial charge in [-0.1, -0.05) is 36.4 Å². The highest BCUT2D eigenvalue weighted by atomic mass is 32.2. The Labute approximate surface area is 106 Å². The molecule has 18 heavy (non-hydrogen) atoms. The zero-order valence-corrected chi connectivity index (χ0v) is 10.3. The molecule has 0 aliphatic rings. The van der Waals surface area contributed by atoms with Gasteiger partial charge in [-0.15, -0.1) is 0 Å². The molecule has 0 unspecified atom stereocenters. The summed E-state index contributed by atoms with van der Waals surface area (Å²) in [5.74, 6) is 0.311. The molecule has 5 heteroatoms. The van der Waals surface area contributed by atoms with Gasteiger partial charge in [0.05, 0.1) is 0 Å². The molecule has 0 bridgehead atoms. The monoisotopic (exact) mass is 264 g/mol. The second kappa shape index (κ2) is 6.56. The molecule has 0 N–H and O–H groups in total. The predicted octanol–water partition coefficient (Wildman–Crippen LogP) is 2.27. The van der Waals surface area contributed by atoms with Crippen LogP contribution in [0.3, 0.4) is 0 Å². The van der Waals surface area contributed by atoms with Crippen molar-refractivity contribution >= 4 is 16.9 Å². The molecule has 0 atom stereocenters. The zero-order valence-electron chi connectivity index (χ0n) is 9.52. The maximum atomic E-state index is 11.8. The van der Waals surface area contributed by atoms with Crippen molar-refractivity contribution in [2.24, 2.45) is 0 Å². The molecule has 0 aliphatic heterocycles. The van der Waals surface area contributed by atoms with E-state index in [9.17, 15) is 8.42 Å². The molecule has 94 valence electrons. The van der Waals surface area contributed by atoms with Gasteiger partial charge in [0.15, 0.2) is 0 Å². The Balaban J connectivity index is 0.000000771. The smallest absolute Gasteiger partial charge is 0.339 e. The van der Waals surface area contributed by atoms with Crippen molar-refractivity contribution in [3.63, 3.8) is 0 Å². The highest BCUT2D eigenvalue weighted by Crippen LogP contribution is 2.17. The van der Waals surface area contributed by atoms with Gasteiger partial charge in [0, 0.05) is 0 Å². The van der Waals surface area contributed by atoms with Crippen LogP contribution in [0.4, 0.5) is 0 Å². The lowest BCUT2D eigenvalue weighted by Crippen LogP contribution is -2.09. The van der Waals surface area contributed by atoms with Gasteiger partial charge in [0.2, 0.25) is 0 Å². The highest BCUT2D eigenvalue weighted by molar-refractivity contribution is 7.87. The first-order valence-electron chi connectivity index (χ1n) is 5.02. The van der Waals surface area contributed by atoms with E-state index in [4.69, 9.17) is 8.98 Å². The largest absolute Gasteiger partial charge is 0.379 e. The third-order valence-corrected chi connectivity index (χ3v) is 3.24. The summed E-state index contributed by atoms with van der Waals surface area (Å²) in [5, 5.41) is 0. The van der Waals surface area contributed by atoms with Crippen LogP contribution in [-0.2, 0) is 14.9 Å². The van der Waals surface area contributed by atoms with E-state index in [1.807, 2.05) is 6.79 Å². The van der Waals surface area contributed by atoms with Crippen LogP contribution in [0.15, 0.2) is 65.6 Å². The lowest BCUT2D eigenvalue weighted by Gasteiger charge is -2.05. The molecule has 0 saturated heterocycles. The second-order valence-corrected chi connectivity index (χ2v) is 4.71. The number of rotatable bonds is 3. The molecule has 2 aromatic carbocycles. The molecule has 0 fully saturated rings. The molecule has 0 saturated carbocycles. The van der Waals surface area contributed by atoms with Crippen LogP contribution in [0, 0.1) is 0 Å². The number of hydrogen-bond acceptors (Lipinski definition) is 4. The Morgan fingerprint density at radius 2 is 1.22 bits per heavy atom. The van der Waals surface area contributed by atoms with Gasteiger partial charge in [0.1, 0.15) is 17.4 Å². The molecule has 0 aliphatic carbocycles. The Hall–Kier alpha value is -2.14. The number of carbonyl (C=O) groups is 1. The van der Waals surface area contributed by atoms with E-state index < -0.39 is 10.1 Å². The summed E-state index contributed by atoms with van der Waals surface area (Å²) in [6.07, 6.45) is 0. The van der Waals surface area contributed by atoms with Crippen LogP contribution in [0.25, 0.3) is 0 Å². The van der Waals surface area contributed by atoms with Gasteiger partial charge in [0.25, 0.3) is 0 Å². The van der Waals surface area contributed by atoms with E-state index in [-0.39, 0.29) is 4.90 Å². The average Bonchev–Trinajstić information content (AvgIpc) is 2.43. The molecule has 0 spiro atoms. The lowest BCUT2D eigenvalue weighted by molar-refractivity contribution is -0.0979. The van der Waals surface area contributed by atoms with Crippen molar-refractivity contribution in [3.8, 4) is 5.75 Å². The summed E-state index contributed by atoms with van der Waals surface area (Å²) < 4.78 is 28.5. The predicted molar refractivity (Wildman–Crippen MR) is 67.8 cm³/mol. The number of benzene rings is 2. The normalized spacial score (nSPS) is 10.0. The van der Waals surface area contributed by atoms with Gasteiger partial charge in [-0.2, -0.15) is 8.42 Å². The summed E-state index contributed by atoms with van der Waals surface area (Å²) in [7, 11) is -3.71. The summed E-state index contributed by atoms with van der Waals surface area (Å²) in [6, 6.07) is 16.5. The molecule has 2 rings (SSSR count). The van der Waals surface area contributed by atoms with Gasteiger partial charge in [-0.05, 0) is 24.3 Å². The fourth-order valence-corrected chi connectivity index (χ4v) is 2.19. The fraction of sp³-hybridized carbons (Fsp3) is 0. The molecule has 0 radical (unpaired) electrons. The van der Waals surface area contributed by atoms with Gasteiger partial charge in [-0.25, -0.2) is 0 Å². The summed E-state index contributed by atoms with van der Waals surface area (Å²) in [6.45, 7) is 2.00. The molecule has 0 aromatic heterocycles. The first-order valence-corrected chi connectivity index (χ1v) is 6.43. The maximum absolute atomic E-state index is 11.8. The van der Waals surface area contributed by atoms with E-state index in [0.29, 0.717) is 5.75 Å². The molecule has 0 amide bonds. The van der Waals surface area contributed by atoms with Crippen LogP contribution in [-0.4, -0.2) is 15.2 Å². The minimum Gasteiger partial charge on any atom is -0.379 e. The third kappa shape index (κ3) is 3.71. The van der Waals surface area contributed by atoms with E-state index in [0.717, 1.165) is 0 Å². The van der Waals surface area contributed by atoms with E-state index in [1.54, 1.807) is 48.5 Å². The van der Waals surface area contributed by atoms with E-state index in [2.05, 4.69) is 0 Å². The second-order valence-electron chi connectivity index (χ2n) is 3.16. The molecule has 0 heterocycles. The SMILES string of the molecule is C=O.O=S(=O)(Oc1ccccc1)c1ccccc1. The Morgan fingerprint density at radius 1 is 0.778 bits per heavy atom. The van der Waals surface area contributed by atoms with Gasteiger partial charge >= 0.3 is 10.1 Å². The van der Waals surface area contributed by atoms with Crippen molar-refractivity contribution in [1.82, 2.24) is 0 Å². The lowest BCUT2D eigenvalue weighted by atomic mass is 10.3. The standard InChI is InChI=1S/C12H10O3S.CH2O/c13-16(14,12-9-5-2-6-10-12)15-11-7-3-1-4-8-11;1-2/h1-10H;1H2. The first-order chi connectivity index (χ1) is 8.68. The topological polar surface area (TPSA) is 60.4 Å². The van der Waals surface area contributed by atoms with Crippen molar-refractivity contribution in [1.29, 1.82) is 0 Å². The minimum absolute atomic E-state index is 0.152. The average molecular weight is 264 g/mol. The molecular formula is C13H12O4S. The van der Waals surface area contributed by atoms with Crippen LogP contribution in [0.5, 0.6) is 5.75 Å². The van der Waals surface area contributed by atoms with Crippen molar-refractivity contribution < 1.29 is 17.4 Å². The van der Waals surface area contributed by atoms with Crippen molar-refractivity contribution in [2.45, 2.75) is 4.90 Å². The maximum Gasteiger partial charge on any atom is 0.339 e. The summed E-state index contributed by atoms with van der Waals surface area (Å²) in [5.41, 5.74) is 0. The molecular weight excluding hydrogens is 252 g/mol. The first kappa shape index (κ1) is 13.9. The zero-order chi connectivity index (χ0) is 13.4. The van der Waals surface area contributed by atoms with Crippen molar-refractivity contribution in [2.75, 3.05) is 0 Å². The number of hydrogen-bond donors (Lipinski definition) is 0. The number of para-hydroxylation sites is 1. The third-order valence-electron chi connectivity index (χ3n) is 1.98. The van der Waals surface area contributed by atoms with Crippen LogP contribution in [0.1, 0.15) is 0 Å².